The van der Waals surface area contributed by atoms with Crippen molar-refractivity contribution in [2.24, 2.45) is 0 Å². The van der Waals surface area contributed by atoms with Crippen LogP contribution in [0.1, 0.15) is 27.3 Å². The molecule has 0 atom stereocenters. The Hall–Kier alpha value is -2.10. The molecule has 0 radical (unpaired) electrons. The minimum Gasteiger partial charge on any atom is -0.483 e. The van der Waals surface area contributed by atoms with Gasteiger partial charge in [-0.25, -0.2) is 4.68 Å². The van der Waals surface area contributed by atoms with Crippen LogP contribution in [0.5, 0.6) is 5.75 Å². The van der Waals surface area contributed by atoms with Crippen molar-refractivity contribution >= 4 is 5.91 Å². The van der Waals surface area contributed by atoms with Gasteiger partial charge in [0.1, 0.15) is 5.75 Å². The maximum atomic E-state index is 12.1. The number of carbonyl (C=O) groups excluding carboxylic acids is 1. The van der Waals surface area contributed by atoms with Gasteiger partial charge in [-0.05, 0) is 44.9 Å². The fourth-order valence-corrected chi connectivity index (χ4v) is 1.88. The van der Waals surface area contributed by atoms with E-state index in [1.54, 1.807) is 0 Å². The Balaban J connectivity index is 2.10. The largest absolute Gasteiger partial charge is 0.483 e. The minimum atomic E-state index is -0.156. The Morgan fingerprint density at radius 3 is 2.47 bits per heavy atom. The molecule has 1 aromatic carbocycles. The topological polar surface area (TPSA) is 44.1 Å². The van der Waals surface area contributed by atoms with Crippen molar-refractivity contribution in [1.29, 1.82) is 0 Å². The number of aromatic nitrogens is 2. The zero-order valence-electron chi connectivity index (χ0n) is 11.7. The molecule has 1 aromatic heterocycles. The van der Waals surface area contributed by atoms with Gasteiger partial charge in [-0.2, -0.15) is 5.10 Å². The average molecular weight is 258 g/mol. The van der Waals surface area contributed by atoms with Crippen LogP contribution < -0.4 is 4.74 Å². The third-order valence-corrected chi connectivity index (χ3v) is 3.33. The van der Waals surface area contributed by atoms with Gasteiger partial charge in [0.2, 0.25) is 0 Å². The van der Waals surface area contributed by atoms with Gasteiger partial charge in [0.15, 0.2) is 6.61 Å². The zero-order chi connectivity index (χ0) is 14.0. The van der Waals surface area contributed by atoms with Crippen LogP contribution in [-0.2, 0) is 0 Å². The van der Waals surface area contributed by atoms with Crippen molar-refractivity contribution in [3.05, 3.63) is 46.8 Å². The zero-order valence-corrected chi connectivity index (χ0v) is 11.7. The van der Waals surface area contributed by atoms with Crippen LogP contribution in [0.3, 0.4) is 0 Å². The first-order chi connectivity index (χ1) is 9.00. The monoisotopic (exact) mass is 258 g/mol. The molecule has 0 saturated heterocycles. The molecule has 0 saturated carbocycles. The second-order valence-electron chi connectivity index (χ2n) is 4.66. The van der Waals surface area contributed by atoms with E-state index in [2.05, 4.69) is 5.10 Å². The van der Waals surface area contributed by atoms with E-state index in [0.717, 1.165) is 28.3 Å². The average Bonchev–Trinajstić information content (AvgIpc) is 2.65. The molecule has 0 bridgehead atoms. The molecule has 0 fully saturated rings. The van der Waals surface area contributed by atoms with Crippen LogP contribution in [0.2, 0.25) is 0 Å². The van der Waals surface area contributed by atoms with E-state index in [1.807, 2.05) is 52.0 Å². The fourth-order valence-electron chi connectivity index (χ4n) is 1.88. The summed E-state index contributed by atoms with van der Waals surface area (Å²) in [6, 6.07) is 7.64. The van der Waals surface area contributed by atoms with Gasteiger partial charge in [0.05, 0.1) is 5.69 Å². The standard InChI is InChI=1S/C15H18N2O2/c1-10-7-5-6-8-14(10)19-9-15(18)17-13(4)11(2)12(3)16-17/h5-8H,9H2,1-4H3. The molecule has 0 aliphatic heterocycles. The summed E-state index contributed by atoms with van der Waals surface area (Å²) in [6.07, 6.45) is 0. The van der Waals surface area contributed by atoms with E-state index in [0.29, 0.717) is 0 Å². The van der Waals surface area contributed by atoms with Crippen molar-refractivity contribution < 1.29 is 9.53 Å². The molecule has 19 heavy (non-hydrogen) atoms. The minimum absolute atomic E-state index is 0.00769. The van der Waals surface area contributed by atoms with E-state index in [4.69, 9.17) is 4.74 Å². The maximum Gasteiger partial charge on any atom is 0.284 e. The second-order valence-corrected chi connectivity index (χ2v) is 4.66. The molecule has 1 heterocycles. The van der Waals surface area contributed by atoms with Gasteiger partial charge < -0.3 is 4.74 Å². The lowest BCUT2D eigenvalue weighted by Crippen LogP contribution is -2.22. The number of ether oxygens (including phenoxy) is 1. The summed E-state index contributed by atoms with van der Waals surface area (Å²) in [5.41, 5.74) is 3.81. The number of benzene rings is 1. The number of nitrogens with zero attached hydrogens (tertiary/aromatic N) is 2. The van der Waals surface area contributed by atoms with Gasteiger partial charge in [0.25, 0.3) is 5.91 Å². The molecule has 0 aliphatic carbocycles. The number of para-hydroxylation sites is 1. The summed E-state index contributed by atoms with van der Waals surface area (Å²) >= 11 is 0. The highest BCUT2D eigenvalue weighted by molar-refractivity contribution is 5.80. The molecule has 0 aliphatic rings. The Bertz CT molecular complexity index is 615. The summed E-state index contributed by atoms with van der Waals surface area (Å²) < 4.78 is 6.97. The van der Waals surface area contributed by atoms with Crippen molar-refractivity contribution in [2.75, 3.05) is 6.61 Å². The van der Waals surface area contributed by atoms with Gasteiger partial charge in [0, 0.05) is 5.69 Å². The first-order valence-corrected chi connectivity index (χ1v) is 6.25. The van der Waals surface area contributed by atoms with Crippen LogP contribution in [0.15, 0.2) is 24.3 Å². The smallest absolute Gasteiger partial charge is 0.284 e. The van der Waals surface area contributed by atoms with Gasteiger partial charge >= 0.3 is 0 Å². The lowest BCUT2D eigenvalue weighted by molar-refractivity contribution is 0.0817. The Morgan fingerprint density at radius 1 is 1.21 bits per heavy atom. The normalized spacial score (nSPS) is 10.5. The molecule has 4 nitrogen and oxygen atoms in total. The molecule has 0 amide bonds. The molecule has 0 spiro atoms. The van der Waals surface area contributed by atoms with Crippen LogP contribution in [0.25, 0.3) is 0 Å². The highest BCUT2D eigenvalue weighted by Gasteiger charge is 2.14. The lowest BCUT2D eigenvalue weighted by atomic mass is 10.2. The maximum absolute atomic E-state index is 12.1. The van der Waals surface area contributed by atoms with E-state index < -0.39 is 0 Å². The van der Waals surface area contributed by atoms with E-state index in [9.17, 15) is 4.79 Å². The fraction of sp³-hybridized carbons (Fsp3) is 0.333. The molecule has 0 unspecified atom stereocenters. The number of hydrogen-bond acceptors (Lipinski definition) is 3. The quantitative estimate of drug-likeness (QED) is 0.850. The molecule has 2 rings (SSSR count). The van der Waals surface area contributed by atoms with Crippen molar-refractivity contribution in [1.82, 2.24) is 9.78 Å². The van der Waals surface area contributed by atoms with E-state index in [-0.39, 0.29) is 12.5 Å². The molecule has 2 aromatic rings. The number of hydrogen-bond donors (Lipinski definition) is 0. The molecule has 4 heteroatoms. The number of aryl methyl sites for hydroxylation is 2. The molecule has 0 N–H and O–H groups in total. The lowest BCUT2D eigenvalue weighted by Gasteiger charge is -2.08. The summed E-state index contributed by atoms with van der Waals surface area (Å²) in [5.74, 6) is 0.575. The summed E-state index contributed by atoms with van der Waals surface area (Å²) in [5, 5.41) is 4.23. The third-order valence-electron chi connectivity index (χ3n) is 3.33. The summed E-state index contributed by atoms with van der Waals surface area (Å²) in [4.78, 5) is 12.1. The van der Waals surface area contributed by atoms with Gasteiger partial charge in [-0.1, -0.05) is 18.2 Å². The Labute approximate surface area is 113 Å². The van der Waals surface area contributed by atoms with Crippen molar-refractivity contribution in [3.63, 3.8) is 0 Å². The van der Waals surface area contributed by atoms with E-state index in [1.165, 1.54) is 4.68 Å². The van der Waals surface area contributed by atoms with Crippen LogP contribution in [0.4, 0.5) is 0 Å². The molecule has 100 valence electrons. The van der Waals surface area contributed by atoms with Crippen molar-refractivity contribution in [3.8, 4) is 5.75 Å². The Kier molecular flexibility index (Phi) is 3.69. The number of rotatable bonds is 3. The number of carbonyl (C=O) groups is 1. The predicted molar refractivity (Wildman–Crippen MR) is 73.7 cm³/mol. The first kappa shape index (κ1) is 13.3. The summed E-state index contributed by atoms with van der Waals surface area (Å²) in [6.45, 7) is 7.69. The van der Waals surface area contributed by atoms with Gasteiger partial charge in [-0.15, -0.1) is 0 Å². The molecular weight excluding hydrogens is 240 g/mol. The Morgan fingerprint density at radius 2 is 1.89 bits per heavy atom. The molecular formula is C15H18N2O2. The van der Waals surface area contributed by atoms with Crippen molar-refractivity contribution in [2.45, 2.75) is 27.7 Å². The van der Waals surface area contributed by atoms with Crippen LogP contribution >= 0.6 is 0 Å². The summed E-state index contributed by atoms with van der Waals surface area (Å²) in [7, 11) is 0. The van der Waals surface area contributed by atoms with Crippen LogP contribution in [-0.4, -0.2) is 22.3 Å². The van der Waals surface area contributed by atoms with Gasteiger partial charge in [-0.3, -0.25) is 4.79 Å². The third kappa shape index (κ3) is 2.67. The van der Waals surface area contributed by atoms with Crippen LogP contribution in [0, 0.1) is 27.7 Å². The SMILES string of the molecule is Cc1ccccc1OCC(=O)n1nc(C)c(C)c1C. The first-order valence-electron chi connectivity index (χ1n) is 6.25. The predicted octanol–water partition coefficient (Wildman–Crippen LogP) is 2.84. The highest BCUT2D eigenvalue weighted by atomic mass is 16.5. The highest BCUT2D eigenvalue weighted by Crippen LogP contribution is 2.16. The van der Waals surface area contributed by atoms with E-state index >= 15 is 0 Å². The second kappa shape index (κ2) is 5.26.